The molecule has 0 aromatic heterocycles. The summed E-state index contributed by atoms with van der Waals surface area (Å²) in [6.45, 7) is 8.91. The summed E-state index contributed by atoms with van der Waals surface area (Å²) in [6, 6.07) is 12.8. The molecule has 0 unspecified atom stereocenters. The van der Waals surface area contributed by atoms with Crippen LogP contribution in [-0.4, -0.2) is 56.1 Å². The maximum Gasteiger partial charge on any atom is 0.269 e. The Bertz CT molecular complexity index is 1130. The van der Waals surface area contributed by atoms with Crippen LogP contribution in [-0.2, 0) is 16.3 Å². The topological polar surface area (TPSA) is 110 Å². The van der Waals surface area contributed by atoms with E-state index in [1.807, 2.05) is 12.1 Å². The normalized spacial score (nSPS) is 16.6. The summed E-state index contributed by atoms with van der Waals surface area (Å²) in [6.07, 6.45) is 4.13. The Hall–Kier alpha value is -2.78. The van der Waals surface area contributed by atoms with Crippen LogP contribution < -0.4 is 5.32 Å². The molecule has 0 saturated carbocycles. The second kappa shape index (κ2) is 10.9. The molecule has 3 rings (SSSR count). The van der Waals surface area contributed by atoms with Crippen LogP contribution in [0.4, 0.5) is 5.69 Å². The van der Waals surface area contributed by atoms with Crippen molar-refractivity contribution in [3.63, 3.8) is 0 Å². The second-order valence-corrected chi connectivity index (χ2v) is 12.6. The van der Waals surface area contributed by atoms with Gasteiger partial charge in [0.05, 0.1) is 9.82 Å². The third-order valence-corrected chi connectivity index (χ3v) is 7.84. The fraction of sp³-hybridized carbons (Fsp3) is 0.500. The third kappa shape index (κ3) is 7.60. The van der Waals surface area contributed by atoms with E-state index >= 15 is 0 Å². The summed E-state index contributed by atoms with van der Waals surface area (Å²) in [7, 11) is -3.31. The van der Waals surface area contributed by atoms with Crippen molar-refractivity contribution in [1.82, 2.24) is 10.2 Å². The summed E-state index contributed by atoms with van der Waals surface area (Å²) in [4.78, 5) is 25.9. The number of nitrogens with one attached hydrogen (secondary N) is 1. The van der Waals surface area contributed by atoms with Crippen LogP contribution in [0.25, 0.3) is 0 Å². The van der Waals surface area contributed by atoms with E-state index in [0.717, 1.165) is 50.7 Å². The van der Waals surface area contributed by atoms with Crippen LogP contribution in [0.5, 0.6) is 0 Å². The zero-order valence-electron chi connectivity index (χ0n) is 20.9. The molecule has 0 radical (unpaired) electrons. The van der Waals surface area contributed by atoms with Gasteiger partial charge in [0.1, 0.15) is 0 Å². The summed E-state index contributed by atoms with van der Waals surface area (Å²) in [5, 5.41) is 14.0. The van der Waals surface area contributed by atoms with Gasteiger partial charge < -0.3 is 10.2 Å². The largest absolute Gasteiger partial charge is 0.347 e. The lowest BCUT2D eigenvalue weighted by atomic mass is 9.85. The highest BCUT2D eigenvalue weighted by Crippen LogP contribution is 2.26. The highest BCUT2D eigenvalue weighted by Gasteiger charge is 2.30. The molecule has 0 bridgehead atoms. The molecule has 2 aromatic rings. The molecule has 1 heterocycles. The zero-order chi connectivity index (χ0) is 25.8. The molecule has 190 valence electrons. The van der Waals surface area contributed by atoms with E-state index < -0.39 is 9.84 Å². The molecule has 1 N–H and O–H groups in total. The Balaban J connectivity index is 1.55. The molecular formula is C26H35N3O5S. The van der Waals surface area contributed by atoms with Crippen LogP contribution in [0.15, 0.2) is 53.4 Å². The van der Waals surface area contributed by atoms with Gasteiger partial charge in [-0.2, -0.15) is 0 Å². The maximum absolute atomic E-state index is 12.9. The first-order valence-electron chi connectivity index (χ1n) is 11.9. The number of piperidine rings is 1. The summed E-state index contributed by atoms with van der Waals surface area (Å²) < 4.78 is 23.4. The van der Waals surface area contributed by atoms with Crippen LogP contribution >= 0.6 is 0 Å². The summed E-state index contributed by atoms with van der Waals surface area (Å²) >= 11 is 0. The Morgan fingerprint density at radius 3 is 2.14 bits per heavy atom. The van der Waals surface area contributed by atoms with Gasteiger partial charge in [0, 0.05) is 36.5 Å². The molecular weight excluding hydrogens is 466 g/mol. The van der Waals surface area contributed by atoms with Gasteiger partial charge in [-0.05, 0) is 73.5 Å². The highest BCUT2D eigenvalue weighted by molar-refractivity contribution is 7.90. The number of carbonyl (C=O) groups excluding carboxylic acids is 1. The smallest absolute Gasteiger partial charge is 0.269 e. The standard InChI is InChI=1S/C26H35N3O5S/c1-26(2,3)24(27-25(30)21-7-11-23(12-8-21)35(4,33)34)18-28-15-13-20(14-16-28)17-19-5-9-22(10-6-19)29(31)32/h5-12,20,24H,13-18H2,1-4H3,(H,27,30)/t24-/m1/s1. The van der Waals surface area contributed by atoms with E-state index in [4.69, 9.17) is 0 Å². The molecule has 1 fully saturated rings. The molecule has 1 aliphatic heterocycles. The quantitative estimate of drug-likeness (QED) is 0.431. The Morgan fingerprint density at radius 2 is 1.66 bits per heavy atom. The van der Waals surface area contributed by atoms with Gasteiger partial charge in [0.2, 0.25) is 0 Å². The average Bonchev–Trinajstić information content (AvgIpc) is 2.79. The maximum atomic E-state index is 12.9. The lowest BCUT2D eigenvalue weighted by Gasteiger charge is -2.39. The number of non-ortho nitro benzene ring substituents is 1. The molecule has 0 spiro atoms. The van der Waals surface area contributed by atoms with Crippen molar-refractivity contribution in [3.05, 3.63) is 69.8 Å². The van der Waals surface area contributed by atoms with E-state index in [-0.39, 0.29) is 32.9 Å². The molecule has 1 amide bonds. The minimum atomic E-state index is -3.31. The van der Waals surface area contributed by atoms with Crippen molar-refractivity contribution in [2.75, 3.05) is 25.9 Å². The van der Waals surface area contributed by atoms with Gasteiger partial charge in [0.15, 0.2) is 9.84 Å². The molecule has 35 heavy (non-hydrogen) atoms. The third-order valence-electron chi connectivity index (χ3n) is 6.71. The predicted octanol–water partition coefficient (Wildman–Crippen LogP) is 4.10. The Labute approximate surface area is 207 Å². The number of likely N-dealkylation sites (tertiary alicyclic amines) is 1. The van der Waals surface area contributed by atoms with Crippen LogP contribution in [0, 0.1) is 21.4 Å². The van der Waals surface area contributed by atoms with E-state index in [1.165, 1.54) is 12.1 Å². The van der Waals surface area contributed by atoms with Crippen LogP contribution in [0.1, 0.15) is 49.5 Å². The van der Waals surface area contributed by atoms with Crippen LogP contribution in [0.2, 0.25) is 0 Å². The van der Waals surface area contributed by atoms with E-state index in [2.05, 4.69) is 31.0 Å². The van der Waals surface area contributed by atoms with Gasteiger partial charge in [-0.25, -0.2) is 8.42 Å². The van der Waals surface area contributed by atoms with Crippen molar-refractivity contribution in [2.24, 2.45) is 11.3 Å². The predicted molar refractivity (Wildman–Crippen MR) is 136 cm³/mol. The number of amides is 1. The molecule has 1 aliphatic rings. The number of nitro groups is 1. The summed E-state index contributed by atoms with van der Waals surface area (Å²) in [5.41, 5.74) is 1.52. The molecule has 8 nitrogen and oxygen atoms in total. The van der Waals surface area contributed by atoms with Gasteiger partial charge in [-0.1, -0.05) is 32.9 Å². The number of rotatable bonds is 8. The highest BCUT2D eigenvalue weighted by atomic mass is 32.2. The van der Waals surface area contributed by atoms with E-state index in [0.29, 0.717) is 11.5 Å². The van der Waals surface area contributed by atoms with Crippen molar-refractivity contribution < 1.29 is 18.1 Å². The van der Waals surface area contributed by atoms with Crippen molar-refractivity contribution in [3.8, 4) is 0 Å². The Kier molecular flexibility index (Phi) is 8.33. The molecule has 9 heteroatoms. The van der Waals surface area contributed by atoms with Crippen molar-refractivity contribution in [2.45, 2.75) is 51.0 Å². The number of benzene rings is 2. The lowest BCUT2D eigenvalue weighted by molar-refractivity contribution is -0.384. The van der Waals surface area contributed by atoms with Crippen molar-refractivity contribution >= 4 is 21.4 Å². The molecule has 2 aromatic carbocycles. The minimum Gasteiger partial charge on any atom is -0.347 e. The first kappa shape index (κ1) is 26.8. The number of hydrogen-bond acceptors (Lipinski definition) is 6. The number of carbonyl (C=O) groups is 1. The lowest BCUT2D eigenvalue weighted by Crippen LogP contribution is -2.52. The number of hydrogen-bond donors (Lipinski definition) is 1. The minimum absolute atomic E-state index is 0.0733. The Morgan fingerprint density at radius 1 is 1.09 bits per heavy atom. The SMILES string of the molecule is CC(C)(C)[C@@H](CN1CCC(Cc2ccc([N+](=O)[O-])cc2)CC1)NC(=O)c1ccc(S(C)(=O)=O)cc1. The second-order valence-electron chi connectivity index (χ2n) is 10.6. The average molecular weight is 502 g/mol. The number of sulfone groups is 1. The number of nitro benzene ring substituents is 1. The van der Waals surface area contributed by atoms with E-state index in [9.17, 15) is 23.3 Å². The van der Waals surface area contributed by atoms with Gasteiger partial charge in [-0.3, -0.25) is 14.9 Å². The van der Waals surface area contributed by atoms with Crippen molar-refractivity contribution in [1.29, 1.82) is 0 Å². The van der Waals surface area contributed by atoms with Crippen LogP contribution in [0.3, 0.4) is 0 Å². The first-order valence-corrected chi connectivity index (χ1v) is 13.8. The zero-order valence-corrected chi connectivity index (χ0v) is 21.7. The van der Waals surface area contributed by atoms with Gasteiger partial charge in [0.25, 0.3) is 11.6 Å². The number of nitrogens with zero attached hydrogens (tertiary/aromatic N) is 2. The monoisotopic (exact) mass is 501 g/mol. The molecule has 0 aliphatic carbocycles. The first-order chi connectivity index (χ1) is 16.3. The fourth-order valence-electron chi connectivity index (χ4n) is 4.35. The summed E-state index contributed by atoms with van der Waals surface area (Å²) in [5.74, 6) is 0.321. The fourth-order valence-corrected chi connectivity index (χ4v) is 4.98. The van der Waals surface area contributed by atoms with E-state index in [1.54, 1.807) is 24.3 Å². The molecule has 1 saturated heterocycles. The molecule has 1 atom stereocenters. The van der Waals surface area contributed by atoms with Gasteiger partial charge in [-0.15, -0.1) is 0 Å². The van der Waals surface area contributed by atoms with Gasteiger partial charge >= 0.3 is 0 Å².